The maximum absolute atomic E-state index is 5.96. The summed E-state index contributed by atoms with van der Waals surface area (Å²) in [7, 11) is 0. The lowest BCUT2D eigenvalue weighted by Gasteiger charge is -2.23. The van der Waals surface area contributed by atoms with E-state index in [0.717, 1.165) is 49.1 Å². The van der Waals surface area contributed by atoms with Gasteiger partial charge in [0.1, 0.15) is 12.1 Å². The predicted molar refractivity (Wildman–Crippen MR) is 70.3 cm³/mol. The van der Waals surface area contributed by atoms with Crippen molar-refractivity contribution >= 4 is 16.9 Å². The van der Waals surface area contributed by atoms with E-state index in [9.17, 15) is 0 Å². The minimum absolute atomic E-state index is 0.420. The molecule has 6 heteroatoms. The monoisotopic (exact) mass is 246 g/mol. The Morgan fingerprint density at radius 3 is 2.89 bits per heavy atom. The highest BCUT2D eigenvalue weighted by atomic mass is 15.3. The summed E-state index contributed by atoms with van der Waals surface area (Å²) >= 11 is 0. The Hall–Kier alpha value is -1.69. The van der Waals surface area contributed by atoms with Crippen molar-refractivity contribution in [1.29, 1.82) is 0 Å². The molecule has 0 bridgehead atoms. The predicted octanol–water partition coefficient (Wildman–Crippen LogP) is 0.895. The zero-order valence-electron chi connectivity index (χ0n) is 10.6. The number of hydrogen-bond donors (Lipinski definition) is 2. The molecule has 0 aliphatic carbocycles. The van der Waals surface area contributed by atoms with E-state index in [1.54, 1.807) is 0 Å². The number of nitrogen functional groups attached to an aromatic ring is 1. The van der Waals surface area contributed by atoms with E-state index in [4.69, 9.17) is 10.8 Å². The first-order valence-corrected chi connectivity index (χ1v) is 6.49. The van der Waals surface area contributed by atoms with E-state index >= 15 is 0 Å². The Kier molecular flexibility index (Phi) is 2.87. The van der Waals surface area contributed by atoms with E-state index < -0.39 is 0 Å². The molecule has 96 valence electrons. The summed E-state index contributed by atoms with van der Waals surface area (Å²) in [6.45, 7) is 4.16. The fraction of sp³-hybridized carbons (Fsp3) is 0.583. The first kappa shape index (κ1) is 11.4. The topological polar surface area (TPSA) is 81.7 Å². The number of nitrogens with two attached hydrogens (primary N) is 1. The molecule has 2 aromatic heterocycles. The van der Waals surface area contributed by atoms with Crippen molar-refractivity contribution in [3.8, 4) is 0 Å². The van der Waals surface area contributed by atoms with Crippen molar-refractivity contribution in [3.05, 3.63) is 12.0 Å². The van der Waals surface area contributed by atoms with Crippen molar-refractivity contribution in [2.45, 2.75) is 32.2 Å². The summed E-state index contributed by atoms with van der Waals surface area (Å²) < 4.78 is 2.05. The van der Waals surface area contributed by atoms with Gasteiger partial charge in [0, 0.05) is 0 Å². The van der Waals surface area contributed by atoms with Gasteiger partial charge in [0.15, 0.2) is 5.65 Å². The maximum atomic E-state index is 5.96. The van der Waals surface area contributed by atoms with Gasteiger partial charge in [0.05, 0.1) is 17.1 Å². The fourth-order valence-corrected chi connectivity index (χ4v) is 2.62. The maximum Gasteiger partial charge on any atom is 0.163 e. The first-order chi connectivity index (χ1) is 8.81. The molecule has 3 heterocycles. The molecule has 1 aliphatic heterocycles. The lowest BCUT2D eigenvalue weighted by atomic mass is 10.1. The molecule has 1 saturated heterocycles. The van der Waals surface area contributed by atoms with Gasteiger partial charge in [-0.1, -0.05) is 6.92 Å². The van der Waals surface area contributed by atoms with Gasteiger partial charge in [0.25, 0.3) is 0 Å². The number of nitrogens with zero attached hydrogens (tertiary/aromatic N) is 4. The van der Waals surface area contributed by atoms with Gasteiger partial charge in [0.2, 0.25) is 0 Å². The quantitative estimate of drug-likeness (QED) is 0.822. The Bertz CT molecular complexity index is 555. The molecule has 0 unspecified atom stereocenters. The van der Waals surface area contributed by atoms with Gasteiger partial charge >= 0.3 is 0 Å². The van der Waals surface area contributed by atoms with Crippen molar-refractivity contribution in [2.75, 3.05) is 18.8 Å². The number of aromatic nitrogens is 4. The third-order valence-electron chi connectivity index (χ3n) is 3.58. The molecule has 0 saturated carbocycles. The number of aryl methyl sites for hydroxylation is 1. The van der Waals surface area contributed by atoms with Crippen molar-refractivity contribution < 1.29 is 0 Å². The van der Waals surface area contributed by atoms with Gasteiger partial charge in [-0.25, -0.2) is 14.6 Å². The molecule has 1 fully saturated rings. The van der Waals surface area contributed by atoms with Crippen LogP contribution in [0.1, 0.15) is 31.5 Å². The zero-order valence-corrected chi connectivity index (χ0v) is 10.6. The lowest BCUT2D eigenvalue weighted by Crippen LogP contribution is -2.30. The van der Waals surface area contributed by atoms with Crippen LogP contribution in [0.25, 0.3) is 11.0 Å². The van der Waals surface area contributed by atoms with Crippen LogP contribution in [0, 0.1) is 0 Å². The van der Waals surface area contributed by atoms with E-state index in [-0.39, 0.29) is 0 Å². The van der Waals surface area contributed by atoms with Crippen LogP contribution < -0.4 is 11.1 Å². The molecular weight excluding hydrogens is 228 g/mol. The number of anilines is 1. The van der Waals surface area contributed by atoms with E-state index in [1.807, 2.05) is 4.68 Å². The van der Waals surface area contributed by atoms with Crippen molar-refractivity contribution in [1.82, 2.24) is 25.1 Å². The van der Waals surface area contributed by atoms with Gasteiger partial charge in [-0.05, 0) is 32.4 Å². The average molecular weight is 246 g/mol. The summed E-state index contributed by atoms with van der Waals surface area (Å²) in [5.41, 5.74) is 7.84. The SMILES string of the molecule is CCc1nn(C2CCNCC2)c2ncnc(N)c12. The average Bonchev–Trinajstić information content (AvgIpc) is 2.80. The minimum Gasteiger partial charge on any atom is -0.383 e. The summed E-state index contributed by atoms with van der Waals surface area (Å²) in [4.78, 5) is 8.45. The highest BCUT2D eigenvalue weighted by Crippen LogP contribution is 2.27. The Morgan fingerprint density at radius 1 is 1.39 bits per heavy atom. The molecule has 18 heavy (non-hydrogen) atoms. The number of piperidine rings is 1. The summed E-state index contributed by atoms with van der Waals surface area (Å²) in [6, 6.07) is 0.420. The van der Waals surface area contributed by atoms with Crippen LogP contribution in [0.4, 0.5) is 5.82 Å². The van der Waals surface area contributed by atoms with Gasteiger partial charge in [-0.2, -0.15) is 5.10 Å². The summed E-state index contributed by atoms with van der Waals surface area (Å²) in [6.07, 6.45) is 4.55. The first-order valence-electron chi connectivity index (χ1n) is 6.49. The summed E-state index contributed by atoms with van der Waals surface area (Å²) in [5.74, 6) is 0.539. The normalized spacial score (nSPS) is 17.4. The highest BCUT2D eigenvalue weighted by Gasteiger charge is 2.21. The lowest BCUT2D eigenvalue weighted by molar-refractivity contribution is 0.348. The number of rotatable bonds is 2. The van der Waals surface area contributed by atoms with Crippen LogP contribution in [0.5, 0.6) is 0 Å². The van der Waals surface area contributed by atoms with Crippen LogP contribution in [-0.4, -0.2) is 32.8 Å². The molecule has 0 amide bonds. The molecule has 1 aliphatic rings. The van der Waals surface area contributed by atoms with Crippen LogP contribution in [0.2, 0.25) is 0 Å². The van der Waals surface area contributed by atoms with Crippen LogP contribution in [0.15, 0.2) is 6.33 Å². The number of fused-ring (bicyclic) bond motifs is 1. The van der Waals surface area contributed by atoms with Gasteiger partial charge in [-0.15, -0.1) is 0 Å². The molecule has 6 nitrogen and oxygen atoms in total. The Morgan fingerprint density at radius 2 is 2.17 bits per heavy atom. The Labute approximate surface area is 106 Å². The molecule has 2 aromatic rings. The summed E-state index contributed by atoms with van der Waals surface area (Å²) in [5, 5.41) is 8.99. The van der Waals surface area contributed by atoms with E-state index in [1.165, 1.54) is 6.33 Å². The second-order valence-electron chi connectivity index (χ2n) is 4.68. The molecule has 0 radical (unpaired) electrons. The second kappa shape index (κ2) is 4.53. The van der Waals surface area contributed by atoms with Gasteiger partial charge in [-0.3, -0.25) is 0 Å². The third kappa shape index (κ3) is 1.73. The van der Waals surface area contributed by atoms with E-state index in [0.29, 0.717) is 11.9 Å². The van der Waals surface area contributed by atoms with E-state index in [2.05, 4.69) is 22.2 Å². The third-order valence-corrected chi connectivity index (χ3v) is 3.58. The standard InChI is InChI=1S/C12H18N6/c1-2-9-10-11(13)15-7-16-12(10)18(17-9)8-3-5-14-6-4-8/h7-8,14H,2-6H2,1H3,(H2,13,15,16). The van der Waals surface area contributed by atoms with Crippen LogP contribution >= 0.6 is 0 Å². The van der Waals surface area contributed by atoms with Crippen LogP contribution in [0.3, 0.4) is 0 Å². The smallest absolute Gasteiger partial charge is 0.163 e. The van der Waals surface area contributed by atoms with Gasteiger partial charge < -0.3 is 11.1 Å². The molecular formula is C12H18N6. The van der Waals surface area contributed by atoms with Crippen LogP contribution in [-0.2, 0) is 6.42 Å². The zero-order chi connectivity index (χ0) is 12.5. The highest BCUT2D eigenvalue weighted by molar-refractivity contribution is 5.88. The molecule has 0 spiro atoms. The second-order valence-corrected chi connectivity index (χ2v) is 4.68. The molecule has 0 aromatic carbocycles. The Balaban J connectivity index is 2.14. The minimum atomic E-state index is 0.420. The number of hydrogen-bond acceptors (Lipinski definition) is 5. The number of nitrogens with one attached hydrogen (secondary N) is 1. The van der Waals surface area contributed by atoms with Crippen molar-refractivity contribution in [2.24, 2.45) is 0 Å². The molecule has 3 rings (SSSR count). The molecule has 0 atom stereocenters. The largest absolute Gasteiger partial charge is 0.383 e. The molecule has 3 N–H and O–H groups in total. The van der Waals surface area contributed by atoms with Crippen molar-refractivity contribution in [3.63, 3.8) is 0 Å². The fourth-order valence-electron chi connectivity index (χ4n) is 2.62.